The molecule has 8 heteroatoms. The van der Waals surface area contributed by atoms with Crippen LogP contribution < -0.4 is 20.7 Å². The number of methoxy groups -OCH3 is 1. The molecule has 1 saturated heterocycles. The topological polar surface area (TPSA) is 88.7 Å². The summed E-state index contributed by atoms with van der Waals surface area (Å²) < 4.78 is 10.6. The van der Waals surface area contributed by atoms with Crippen molar-refractivity contribution in [2.45, 2.75) is 19.4 Å². The average molecular weight is 356 g/mol. The molecule has 1 aromatic carbocycles. The lowest BCUT2D eigenvalue weighted by molar-refractivity contribution is -0.134. The maximum atomic E-state index is 12.0. The van der Waals surface area contributed by atoms with Gasteiger partial charge in [0.1, 0.15) is 11.9 Å². The van der Waals surface area contributed by atoms with Gasteiger partial charge in [-0.3, -0.25) is 9.59 Å². The van der Waals surface area contributed by atoms with Gasteiger partial charge in [-0.15, -0.1) is 0 Å². The number of amides is 2. The summed E-state index contributed by atoms with van der Waals surface area (Å²) in [5.41, 5.74) is 1.39. The van der Waals surface area contributed by atoms with Crippen molar-refractivity contribution in [3.05, 3.63) is 22.7 Å². The van der Waals surface area contributed by atoms with Crippen LogP contribution in [0, 0.1) is 6.92 Å². The monoisotopic (exact) mass is 355 g/mol. The second-order valence-electron chi connectivity index (χ2n) is 5.45. The molecule has 24 heavy (non-hydrogen) atoms. The quantitative estimate of drug-likeness (QED) is 0.711. The number of anilines is 1. The number of hydrogen-bond donors (Lipinski definition) is 3. The number of carbonyl (C=O) groups excluding carboxylic acids is 2. The maximum Gasteiger partial charge on any atom is 0.250 e. The van der Waals surface area contributed by atoms with Crippen LogP contribution in [0.1, 0.15) is 12.0 Å². The molecule has 7 nitrogen and oxygen atoms in total. The van der Waals surface area contributed by atoms with Gasteiger partial charge in [-0.05, 0) is 18.6 Å². The Morgan fingerprint density at radius 2 is 2.25 bits per heavy atom. The molecule has 2 amide bonds. The Hall–Kier alpha value is -1.83. The van der Waals surface area contributed by atoms with Crippen molar-refractivity contribution < 1.29 is 19.1 Å². The van der Waals surface area contributed by atoms with Gasteiger partial charge >= 0.3 is 0 Å². The highest BCUT2D eigenvalue weighted by Gasteiger charge is 2.21. The van der Waals surface area contributed by atoms with E-state index >= 15 is 0 Å². The lowest BCUT2D eigenvalue weighted by atomic mass is 10.2. The van der Waals surface area contributed by atoms with Crippen LogP contribution >= 0.6 is 11.6 Å². The SMILES string of the molecule is COc1cc(Cl)c(C)cc1NC(=O)CCNC(=O)C1CNCCO1. The molecule has 2 rings (SSSR count). The summed E-state index contributed by atoms with van der Waals surface area (Å²) in [5, 5.41) is 9.11. The number of morpholine rings is 1. The Labute approximate surface area is 146 Å². The first kappa shape index (κ1) is 18.5. The minimum Gasteiger partial charge on any atom is -0.495 e. The summed E-state index contributed by atoms with van der Waals surface area (Å²) in [6, 6.07) is 3.40. The summed E-state index contributed by atoms with van der Waals surface area (Å²) in [5.74, 6) is 0.0533. The van der Waals surface area contributed by atoms with Crippen LogP contribution in [-0.2, 0) is 14.3 Å². The minimum absolute atomic E-state index is 0.150. The molecular formula is C16H22ClN3O4. The van der Waals surface area contributed by atoms with Crippen molar-refractivity contribution in [1.82, 2.24) is 10.6 Å². The Kier molecular flexibility index (Phi) is 6.84. The van der Waals surface area contributed by atoms with Gasteiger partial charge < -0.3 is 25.4 Å². The van der Waals surface area contributed by atoms with E-state index in [-0.39, 0.29) is 24.8 Å². The first-order valence-electron chi connectivity index (χ1n) is 7.75. The largest absolute Gasteiger partial charge is 0.495 e. The molecule has 3 N–H and O–H groups in total. The molecule has 0 saturated carbocycles. The summed E-state index contributed by atoms with van der Waals surface area (Å²) in [4.78, 5) is 23.9. The number of hydrogen-bond acceptors (Lipinski definition) is 5. The van der Waals surface area contributed by atoms with Crippen LogP contribution in [-0.4, -0.2) is 51.3 Å². The van der Waals surface area contributed by atoms with Gasteiger partial charge in [-0.1, -0.05) is 11.6 Å². The predicted octanol–water partition coefficient (Wildman–Crippen LogP) is 1.09. The number of benzene rings is 1. The zero-order valence-electron chi connectivity index (χ0n) is 13.8. The van der Waals surface area contributed by atoms with E-state index in [9.17, 15) is 9.59 Å². The molecule has 0 radical (unpaired) electrons. The third-order valence-electron chi connectivity index (χ3n) is 3.63. The van der Waals surface area contributed by atoms with Gasteiger partial charge in [0.15, 0.2) is 0 Å². The number of nitrogens with one attached hydrogen (secondary N) is 3. The normalized spacial score (nSPS) is 17.2. The molecule has 1 aliphatic rings. The van der Waals surface area contributed by atoms with E-state index in [1.54, 1.807) is 12.1 Å². The van der Waals surface area contributed by atoms with Gasteiger partial charge in [0.05, 0.1) is 19.4 Å². The highest BCUT2D eigenvalue weighted by atomic mass is 35.5. The van der Waals surface area contributed by atoms with E-state index in [4.69, 9.17) is 21.1 Å². The molecule has 0 aromatic heterocycles. The van der Waals surface area contributed by atoms with Crippen LogP contribution in [0.15, 0.2) is 12.1 Å². The fourth-order valence-corrected chi connectivity index (χ4v) is 2.44. The second-order valence-corrected chi connectivity index (χ2v) is 5.86. The number of halogens is 1. The summed E-state index contributed by atoms with van der Waals surface area (Å²) in [7, 11) is 1.51. The molecule has 1 atom stereocenters. The number of carbonyl (C=O) groups is 2. The molecule has 1 fully saturated rings. The third kappa shape index (κ3) is 5.09. The Balaban J connectivity index is 1.81. The molecule has 0 bridgehead atoms. The highest BCUT2D eigenvalue weighted by molar-refractivity contribution is 6.31. The van der Waals surface area contributed by atoms with E-state index in [1.165, 1.54) is 7.11 Å². The number of aryl methyl sites for hydroxylation is 1. The molecule has 1 aromatic rings. The van der Waals surface area contributed by atoms with Crippen molar-refractivity contribution >= 4 is 29.1 Å². The molecule has 1 unspecified atom stereocenters. The smallest absolute Gasteiger partial charge is 0.250 e. The third-order valence-corrected chi connectivity index (χ3v) is 4.03. The van der Waals surface area contributed by atoms with Crippen LogP contribution in [0.4, 0.5) is 5.69 Å². The first-order chi connectivity index (χ1) is 11.5. The van der Waals surface area contributed by atoms with Gasteiger partial charge in [0, 0.05) is 37.1 Å². The van der Waals surface area contributed by atoms with E-state index in [2.05, 4.69) is 16.0 Å². The number of ether oxygens (including phenoxy) is 2. The van der Waals surface area contributed by atoms with Crippen molar-refractivity contribution in [2.75, 3.05) is 38.7 Å². The van der Waals surface area contributed by atoms with Gasteiger partial charge in [0.2, 0.25) is 11.8 Å². The molecule has 0 spiro atoms. The van der Waals surface area contributed by atoms with Crippen LogP contribution in [0.5, 0.6) is 5.75 Å². The van der Waals surface area contributed by atoms with Crippen LogP contribution in [0.2, 0.25) is 5.02 Å². The van der Waals surface area contributed by atoms with Crippen LogP contribution in [0.3, 0.4) is 0 Å². The fourth-order valence-electron chi connectivity index (χ4n) is 2.29. The molecule has 0 aliphatic carbocycles. The lowest BCUT2D eigenvalue weighted by Crippen LogP contribution is -2.48. The Morgan fingerprint density at radius 3 is 2.92 bits per heavy atom. The fraction of sp³-hybridized carbons (Fsp3) is 0.500. The highest BCUT2D eigenvalue weighted by Crippen LogP contribution is 2.30. The molecular weight excluding hydrogens is 334 g/mol. The van der Waals surface area contributed by atoms with Crippen molar-refractivity contribution in [2.24, 2.45) is 0 Å². The summed E-state index contributed by atoms with van der Waals surface area (Å²) >= 11 is 6.04. The van der Waals surface area contributed by atoms with Crippen molar-refractivity contribution in [3.63, 3.8) is 0 Å². The molecule has 1 heterocycles. The van der Waals surface area contributed by atoms with Crippen LogP contribution in [0.25, 0.3) is 0 Å². The molecule has 1 aliphatic heterocycles. The van der Waals surface area contributed by atoms with E-state index in [0.717, 1.165) is 12.1 Å². The van der Waals surface area contributed by atoms with Gasteiger partial charge in [0.25, 0.3) is 0 Å². The molecule has 132 valence electrons. The maximum absolute atomic E-state index is 12.0. The van der Waals surface area contributed by atoms with E-state index < -0.39 is 6.10 Å². The lowest BCUT2D eigenvalue weighted by Gasteiger charge is -2.22. The first-order valence-corrected chi connectivity index (χ1v) is 8.13. The van der Waals surface area contributed by atoms with Crippen molar-refractivity contribution in [3.8, 4) is 5.75 Å². The number of rotatable bonds is 6. The zero-order chi connectivity index (χ0) is 17.5. The van der Waals surface area contributed by atoms with Crippen molar-refractivity contribution in [1.29, 1.82) is 0 Å². The Bertz CT molecular complexity index is 603. The predicted molar refractivity (Wildman–Crippen MR) is 91.6 cm³/mol. The Morgan fingerprint density at radius 1 is 1.46 bits per heavy atom. The minimum atomic E-state index is -0.499. The second kappa shape index (κ2) is 8.86. The van der Waals surface area contributed by atoms with Gasteiger partial charge in [-0.2, -0.15) is 0 Å². The summed E-state index contributed by atoms with van der Waals surface area (Å²) in [6.07, 6.45) is -0.350. The zero-order valence-corrected chi connectivity index (χ0v) is 14.5. The summed E-state index contributed by atoms with van der Waals surface area (Å²) in [6.45, 7) is 3.82. The average Bonchev–Trinajstić information content (AvgIpc) is 2.58. The van der Waals surface area contributed by atoms with E-state index in [0.29, 0.717) is 29.6 Å². The van der Waals surface area contributed by atoms with E-state index in [1.807, 2.05) is 6.92 Å². The van der Waals surface area contributed by atoms with Gasteiger partial charge in [-0.25, -0.2) is 0 Å². The standard InChI is InChI=1S/C16H22ClN3O4/c1-10-7-12(13(23-2)8-11(10)17)20-15(21)3-4-19-16(22)14-9-18-5-6-24-14/h7-8,14,18H,3-6,9H2,1-2H3,(H,19,22)(H,20,21).